The number of benzene rings is 2. The minimum Gasteiger partial charge on any atom is -0.332 e. The predicted molar refractivity (Wildman–Crippen MR) is 109 cm³/mol. The lowest BCUT2D eigenvalue weighted by Crippen LogP contribution is -2.37. The number of aryl methyl sites for hydroxylation is 1. The Labute approximate surface area is 164 Å². The van der Waals surface area contributed by atoms with Crippen LogP contribution in [0, 0.1) is 6.92 Å². The van der Waals surface area contributed by atoms with Gasteiger partial charge in [0.05, 0.1) is 6.54 Å². The van der Waals surface area contributed by atoms with Gasteiger partial charge in [0, 0.05) is 22.7 Å². The number of nitrogens with zero attached hydrogens (tertiary/aromatic N) is 1. The molecule has 0 spiro atoms. The van der Waals surface area contributed by atoms with Gasteiger partial charge < -0.3 is 15.2 Å². The summed E-state index contributed by atoms with van der Waals surface area (Å²) in [6.45, 7) is 1.71. The van der Waals surface area contributed by atoms with E-state index in [1.54, 1.807) is 24.3 Å². The molecule has 2 amide bonds. The topological polar surface area (TPSA) is 82.3 Å². The molecular formula is C20H18BrN3O3. The van der Waals surface area contributed by atoms with Gasteiger partial charge in [0.25, 0.3) is 11.5 Å². The maximum atomic E-state index is 12.6. The third-order valence-electron chi connectivity index (χ3n) is 4.17. The molecule has 2 N–H and O–H groups in total. The van der Waals surface area contributed by atoms with E-state index < -0.39 is 11.5 Å². The monoisotopic (exact) mass is 427 g/mol. The number of likely N-dealkylation sites (N-methyl/N-ethyl adjacent to an activating group) is 1. The zero-order valence-electron chi connectivity index (χ0n) is 14.9. The third kappa shape index (κ3) is 4.25. The first-order valence-corrected chi connectivity index (χ1v) is 9.08. The van der Waals surface area contributed by atoms with E-state index in [1.807, 2.05) is 31.2 Å². The fourth-order valence-corrected chi connectivity index (χ4v) is 3.23. The molecule has 0 radical (unpaired) electrons. The van der Waals surface area contributed by atoms with Gasteiger partial charge in [-0.1, -0.05) is 34.1 Å². The van der Waals surface area contributed by atoms with Crippen LogP contribution < -0.4 is 10.9 Å². The molecule has 0 unspecified atom stereocenters. The first kappa shape index (κ1) is 18.8. The van der Waals surface area contributed by atoms with Crippen LogP contribution in [0.15, 0.2) is 57.8 Å². The van der Waals surface area contributed by atoms with Crippen molar-refractivity contribution in [2.45, 2.75) is 6.92 Å². The summed E-state index contributed by atoms with van der Waals surface area (Å²) >= 11 is 3.37. The molecule has 6 nitrogen and oxygen atoms in total. The van der Waals surface area contributed by atoms with E-state index in [9.17, 15) is 14.4 Å². The minimum atomic E-state index is -0.510. The SMILES string of the molecule is Cc1cc(Br)ccc1NC(=O)CN(C)C(=O)c1cc2ccccc2[nH]c1=O. The molecule has 0 aliphatic carbocycles. The number of amides is 2. The van der Waals surface area contributed by atoms with Crippen LogP contribution >= 0.6 is 15.9 Å². The number of rotatable bonds is 4. The number of anilines is 1. The van der Waals surface area contributed by atoms with E-state index in [2.05, 4.69) is 26.2 Å². The lowest BCUT2D eigenvalue weighted by atomic mass is 10.1. The summed E-state index contributed by atoms with van der Waals surface area (Å²) in [6.07, 6.45) is 0. The number of aromatic nitrogens is 1. The second kappa shape index (κ2) is 7.75. The summed E-state index contributed by atoms with van der Waals surface area (Å²) in [5.74, 6) is -0.849. The van der Waals surface area contributed by atoms with Crippen molar-refractivity contribution in [2.24, 2.45) is 0 Å². The molecule has 2 aromatic carbocycles. The highest BCUT2D eigenvalue weighted by Gasteiger charge is 2.19. The van der Waals surface area contributed by atoms with Gasteiger partial charge >= 0.3 is 0 Å². The summed E-state index contributed by atoms with van der Waals surface area (Å²) in [7, 11) is 1.49. The summed E-state index contributed by atoms with van der Waals surface area (Å²) in [5, 5.41) is 3.53. The molecule has 0 aliphatic rings. The van der Waals surface area contributed by atoms with Crippen LogP contribution in [0.25, 0.3) is 10.9 Å². The zero-order valence-corrected chi connectivity index (χ0v) is 16.5. The number of hydrogen-bond acceptors (Lipinski definition) is 3. The summed E-state index contributed by atoms with van der Waals surface area (Å²) in [4.78, 5) is 41.1. The Morgan fingerprint density at radius 1 is 1.15 bits per heavy atom. The van der Waals surface area contributed by atoms with Gasteiger partial charge in [0.1, 0.15) is 5.56 Å². The standard InChI is InChI=1S/C20H18BrN3O3/c1-12-9-14(21)7-8-16(12)22-18(25)11-24(2)20(27)15-10-13-5-3-4-6-17(13)23-19(15)26/h3-10H,11H2,1-2H3,(H,22,25)(H,23,26). The highest BCUT2D eigenvalue weighted by atomic mass is 79.9. The van der Waals surface area contributed by atoms with Crippen molar-refractivity contribution in [1.82, 2.24) is 9.88 Å². The van der Waals surface area contributed by atoms with Gasteiger partial charge in [0.15, 0.2) is 0 Å². The Hall–Kier alpha value is -2.93. The second-order valence-electron chi connectivity index (χ2n) is 6.27. The number of nitrogens with one attached hydrogen (secondary N) is 2. The summed E-state index contributed by atoms with van der Waals surface area (Å²) in [6, 6.07) is 14.3. The van der Waals surface area contributed by atoms with E-state index in [-0.39, 0.29) is 18.0 Å². The van der Waals surface area contributed by atoms with Crippen LogP contribution in [-0.2, 0) is 4.79 Å². The Morgan fingerprint density at radius 2 is 1.89 bits per heavy atom. The molecule has 3 aromatic rings. The van der Waals surface area contributed by atoms with Crippen molar-refractivity contribution in [3.8, 4) is 0 Å². The van der Waals surface area contributed by atoms with Gasteiger partial charge in [-0.2, -0.15) is 0 Å². The molecule has 0 aliphatic heterocycles. The number of aromatic amines is 1. The van der Waals surface area contributed by atoms with Crippen molar-refractivity contribution >= 4 is 44.3 Å². The van der Waals surface area contributed by atoms with E-state index in [1.165, 1.54) is 11.9 Å². The van der Waals surface area contributed by atoms with Gasteiger partial charge in [0.2, 0.25) is 5.91 Å². The van der Waals surface area contributed by atoms with E-state index in [0.29, 0.717) is 11.2 Å². The Morgan fingerprint density at radius 3 is 2.63 bits per heavy atom. The van der Waals surface area contributed by atoms with Crippen LogP contribution in [-0.4, -0.2) is 35.3 Å². The first-order valence-electron chi connectivity index (χ1n) is 8.28. The van der Waals surface area contributed by atoms with E-state index in [0.717, 1.165) is 15.4 Å². The average molecular weight is 428 g/mol. The molecule has 27 heavy (non-hydrogen) atoms. The molecular weight excluding hydrogens is 410 g/mol. The number of halogens is 1. The fraction of sp³-hybridized carbons (Fsp3) is 0.150. The van der Waals surface area contributed by atoms with Crippen LogP contribution in [0.3, 0.4) is 0 Å². The van der Waals surface area contributed by atoms with Crippen LogP contribution in [0.1, 0.15) is 15.9 Å². The second-order valence-corrected chi connectivity index (χ2v) is 7.18. The Balaban J connectivity index is 1.74. The molecule has 0 fully saturated rings. The Kier molecular flexibility index (Phi) is 5.41. The van der Waals surface area contributed by atoms with Crippen LogP contribution in [0.5, 0.6) is 0 Å². The molecule has 1 aromatic heterocycles. The molecule has 1 heterocycles. The molecule has 138 valence electrons. The van der Waals surface area contributed by atoms with Gasteiger partial charge in [-0.15, -0.1) is 0 Å². The number of carbonyl (C=O) groups excluding carboxylic acids is 2. The Bertz CT molecular complexity index is 1090. The summed E-state index contributed by atoms with van der Waals surface area (Å²) < 4.78 is 0.917. The molecule has 0 bridgehead atoms. The van der Waals surface area contributed by atoms with Crippen molar-refractivity contribution < 1.29 is 9.59 Å². The van der Waals surface area contributed by atoms with E-state index in [4.69, 9.17) is 0 Å². The number of H-pyrrole nitrogens is 1. The quantitative estimate of drug-likeness (QED) is 0.669. The van der Waals surface area contributed by atoms with Crippen molar-refractivity contribution in [3.63, 3.8) is 0 Å². The third-order valence-corrected chi connectivity index (χ3v) is 4.67. The summed E-state index contributed by atoms with van der Waals surface area (Å²) in [5.41, 5.74) is 1.76. The smallest absolute Gasteiger partial charge is 0.261 e. The molecule has 3 rings (SSSR count). The van der Waals surface area contributed by atoms with Gasteiger partial charge in [-0.05, 0) is 48.2 Å². The molecule has 0 saturated carbocycles. The minimum absolute atomic E-state index is 0.00354. The lowest BCUT2D eigenvalue weighted by Gasteiger charge is -2.17. The predicted octanol–water partition coefficient (Wildman–Crippen LogP) is 3.31. The number of carbonyl (C=O) groups is 2. The zero-order chi connectivity index (χ0) is 19.6. The average Bonchev–Trinajstić information content (AvgIpc) is 2.62. The van der Waals surface area contributed by atoms with E-state index >= 15 is 0 Å². The molecule has 7 heteroatoms. The number of para-hydroxylation sites is 1. The van der Waals surface area contributed by atoms with Crippen LogP contribution in [0.2, 0.25) is 0 Å². The highest BCUT2D eigenvalue weighted by Crippen LogP contribution is 2.20. The number of hydrogen-bond donors (Lipinski definition) is 2. The highest BCUT2D eigenvalue weighted by molar-refractivity contribution is 9.10. The van der Waals surface area contributed by atoms with Crippen molar-refractivity contribution in [3.05, 3.63) is 74.5 Å². The van der Waals surface area contributed by atoms with Gasteiger partial charge in [-0.25, -0.2) is 0 Å². The fourth-order valence-electron chi connectivity index (χ4n) is 2.76. The number of pyridine rings is 1. The lowest BCUT2D eigenvalue weighted by molar-refractivity contribution is -0.116. The van der Waals surface area contributed by atoms with Crippen LogP contribution in [0.4, 0.5) is 5.69 Å². The normalized spacial score (nSPS) is 10.6. The largest absolute Gasteiger partial charge is 0.332 e. The maximum Gasteiger partial charge on any atom is 0.261 e. The van der Waals surface area contributed by atoms with Crippen molar-refractivity contribution in [1.29, 1.82) is 0 Å². The van der Waals surface area contributed by atoms with Gasteiger partial charge in [-0.3, -0.25) is 14.4 Å². The number of fused-ring (bicyclic) bond motifs is 1. The molecule has 0 saturated heterocycles. The molecule has 0 atom stereocenters. The first-order chi connectivity index (χ1) is 12.8. The van der Waals surface area contributed by atoms with Crippen molar-refractivity contribution in [2.75, 3.05) is 18.9 Å². The maximum absolute atomic E-state index is 12.6.